The Morgan fingerprint density at radius 1 is 1.06 bits per heavy atom. The summed E-state index contributed by atoms with van der Waals surface area (Å²) in [6, 6.07) is -0.625. The SMILES string of the molecule is CCCCN1CC=C[C@]23S[C@]4(C)C=CCOC(=O)[C@@H]4[C@H]2C(=O)N(CCCCCO)C3C1=O. The first-order valence-electron chi connectivity index (χ1n) is 11.8. The number of cyclic esters (lactones) is 1. The number of carbonyl (C=O) groups excluding carboxylic acids is 3. The van der Waals surface area contributed by atoms with Gasteiger partial charge in [-0.05, 0) is 38.7 Å². The van der Waals surface area contributed by atoms with E-state index in [9.17, 15) is 14.4 Å². The number of aliphatic hydroxyl groups is 1. The number of hydrogen-bond acceptors (Lipinski definition) is 6. The third kappa shape index (κ3) is 3.69. The summed E-state index contributed by atoms with van der Waals surface area (Å²) < 4.78 is 4.05. The number of unbranched alkanes of at least 4 members (excludes halogenated alkanes) is 3. The van der Waals surface area contributed by atoms with E-state index in [0.29, 0.717) is 32.5 Å². The Morgan fingerprint density at radius 2 is 1.88 bits per heavy atom. The van der Waals surface area contributed by atoms with Gasteiger partial charge in [0.25, 0.3) is 0 Å². The molecule has 0 bridgehead atoms. The van der Waals surface area contributed by atoms with Gasteiger partial charge in [0.1, 0.15) is 12.6 Å². The second kappa shape index (κ2) is 9.21. The van der Waals surface area contributed by atoms with E-state index in [1.165, 1.54) is 0 Å². The molecule has 32 heavy (non-hydrogen) atoms. The van der Waals surface area contributed by atoms with E-state index in [1.54, 1.807) is 16.7 Å². The molecule has 176 valence electrons. The fourth-order valence-corrected chi connectivity index (χ4v) is 7.92. The van der Waals surface area contributed by atoms with Gasteiger partial charge in [0.2, 0.25) is 11.8 Å². The molecule has 2 fully saturated rings. The van der Waals surface area contributed by atoms with Crippen molar-refractivity contribution in [3.63, 3.8) is 0 Å². The normalized spacial score (nSPS) is 36.0. The fraction of sp³-hybridized carbons (Fsp3) is 0.708. The molecule has 1 unspecified atom stereocenters. The predicted molar refractivity (Wildman–Crippen MR) is 123 cm³/mol. The van der Waals surface area contributed by atoms with Crippen molar-refractivity contribution in [2.75, 3.05) is 32.8 Å². The number of hydrogen-bond donors (Lipinski definition) is 1. The van der Waals surface area contributed by atoms with E-state index in [2.05, 4.69) is 6.92 Å². The van der Waals surface area contributed by atoms with Crippen molar-refractivity contribution in [3.8, 4) is 0 Å². The van der Waals surface area contributed by atoms with Crippen molar-refractivity contribution in [2.24, 2.45) is 11.8 Å². The van der Waals surface area contributed by atoms with Crippen LogP contribution >= 0.6 is 11.8 Å². The maximum absolute atomic E-state index is 13.9. The van der Waals surface area contributed by atoms with Crippen molar-refractivity contribution in [2.45, 2.75) is 61.5 Å². The summed E-state index contributed by atoms with van der Waals surface area (Å²) in [7, 11) is 0. The molecule has 0 aliphatic carbocycles. The molecule has 4 aliphatic rings. The molecule has 0 radical (unpaired) electrons. The van der Waals surface area contributed by atoms with E-state index in [4.69, 9.17) is 9.84 Å². The molecule has 4 heterocycles. The Labute approximate surface area is 194 Å². The van der Waals surface area contributed by atoms with Crippen molar-refractivity contribution >= 4 is 29.5 Å². The first-order chi connectivity index (χ1) is 15.4. The van der Waals surface area contributed by atoms with Crippen LogP contribution in [0.4, 0.5) is 0 Å². The van der Waals surface area contributed by atoms with Crippen LogP contribution in [0.3, 0.4) is 0 Å². The molecule has 0 aromatic heterocycles. The Morgan fingerprint density at radius 3 is 2.62 bits per heavy atom. The number of esters is 1. The maximum Gasteiger partial charge on any atom is 0.311 e. The van der Waals surface area contributed by atoms with Gasteiger partial charge in [0.15, 0.2) is 0 Å². The second-order valence-electron chi connectivity index (χ2n) is 9.39. The van der Waals surface area contributed by atoms with E-state index in [-0.39, 0.29) is 31.0 Å². The van der Waals surface area contributed by atoms with Crippen LogP contribution in [0.15, 0.2) is 24.3 Å². The molecule has 2 amide bonds. The smallest absolute Gasteiger partial charge is 0.311 e. The highest BCUT2D eigenvalue weighted by Crippen LogP contribution is 2.65. The standard InChI is InChI=1S/C24H34N2O5S/c1-3-4-12-25-13-8-11-24-17(18-22(30)31-16-9-10-23(18,2)32-24)20(28)26(19(24)21(25)29)14-6-5-7-15-27/h8-11,17-19,27H,3-7,12-16H2,1-2H3/t17-,18-,19?,23+,24-/m0/s1. The predicted octanol–water partition coefficient (Wildman–Crippen LogP) is 2.15. The summed E-state index contributed by atoms with van der Waals surface area (Å²) >= 11 is 1.59. The molecular formula is C24H34N2O5S. The van der Waals surface area contributed by atoms with E-state index in [0.717, 1.165) is 19.3 Å². The summed E-state index contributed by atoms with van der Waals surface area (Å²) in [6.07, 6.45) is 12.0. The Hall–Kier alpha value is -1.80. The average Bonchev–Trinajstić information content (AvgIpc) is 3.02. The number of carbonyl (C=O) groups is 3. The Balaban J connectivity index is 1.75. The highest BCUT2D eigenvalue weighted by Gasteiger charge is 2.73. The van der Waals surface area contributed by atoms with Crippen LogP contribution in [0.5, 0.6) is 0 Å². The largest absolute Gasteiger partial charge is 0.461 e. The van der Waals surface area contributed by atoms with Gasteiger partial charge in [0.05, 0.1) is 16.6 Å². The monoisotopic (exact) mass is 462 g/mol. The molecule has 1 N–H and O–H groups in total. The first kappa shape index (κ1) is 23.4. The molecule has 0 aromatic rings. The third-order valence-electron chi connectivity index (χ3n) is 7.23. The van der Waals surface area contributed by atoms with Crippen LogP contribution in [0.1, 0.15) is 46.0 Å². The summed E-state index contributed by atoms with van der Waals surface area (Å²) in [6.45, 7) is 6.07. The lowest BCUT2D eigenvalue weighted by atomic mass is 9.75. The summed E-state index contributed by atoms with van der Waals surface area (Å²) in [5, 5.41) is 9.13. The van der Waals surface area contributed by atoms with E-state index < -0.39 is 27.4 Å². The van der Waals surface area contributed by atoms with Crippen LogP contribution in [-0.2, 0) is 19.1 Å². The second-order valence-corrected chi connectivity index (χ2v) is 11.2. The van der Waals surface area contributed by atoms with Gasteiger partial charge < -0.3 is 19.6 Å². The Kier molecular flexibility index (Phi) is 6.73. The molecule has 5 atom stereocenters. The average molecular weight is 463 g/mol. The van der Waals surface area contributed by atoms with Gasteiger partial charge in [-0.25, -0.2) is 0 Å². The quantitative estimate of drug-likeness (QED) is 0.338. The minimum absolute atomic E-state index is 0.0219. The minimum atomic E-state index is -0.785. The lowest BCUT2D eigenvalue weighted by Crippen LogP contribution is -2.53. The molecule has 8 heteroatoms. The van der Waals surface area contributed by atoms with Crippen LogP contribution in [0, 0.1) is 11.8 Å². The summed E-state index contributed by atoms with van der Waals surface area (Å²) in [5.41, 5.74) is 0. The number of fused-ring (bicyclic) bond motifs is 2. The highest BCUT2D eigenvalue weighted by atomic mass is 32.2. The summed E-state index contributed by atoms with van der Waals surface area (Å²) in [5.74, 6) is -1.74. The highest BCUT2D eigenvalue weighted by molar-refractivity contribution is 8.02. The molecule has 4 rings (SSSR count). The van der Waals surface area contributed by atoms with Gasteiger partial charge in [0, 0.05) is 31.0 Å². The molecule has 4 aliphatic heterocycles. The number of thioether (sulfide) groups is 1. The van der Waals surface area contributed by atoms with Gasteiger partial charge in [-0.1, -0.05) is 31.6 Å². The zero-order chi connectivity index (χ0) is 22.9. The van der Waals surface area contributed by atoms with Crippen molar-refractivity contribution < 1.29 is 24.2 Å². The van der Waals surface area contributed by atoms with E-state index >= 15 is 0 Å². The number of likely N-dealkylation sites (tertiary alicyclic amines) is 1. The van der Waals surface area contributed by atoms with E-state index in [1.807, 2.05) is 36.1 Å². The Bertz CT molecular complexity index is 829. The molecule has 0 saturated carbocycles. The van der Waals surface area contributed by atoms with Gasteiger partial charge >= 0.3 is 5.97 Å². The lowest BCUT2D eigenvalue weighted by Gasteiger charge is -2.36. The molecule has 0 aromatic carbocycles. The van der Waals surface area contributed by atoms with Crippen LogP contribution < -0.4 is 0 Å². The number of ether oxygens (including phenoxy) is 1. The lowest BCUT2D eigenvalue weighted by molar-refractivity contribution is -0.152. The molecule has 2 saturated heterocycles. The number of nitrogens with zero attached hydrogens (tertiary/aromatic N) is 2. The topological polar surface area (TPSA) is 87.2 Å². The first-order valence-corrected chi connectivity index (χ1v) is 12.6. The minimum Gasteiger partial charge on any atom is -0.461 e. The molecule has 7 nitrogen and oxygen atoms in total. The zero-order valence-corrected chi connectivity index (χ0v) is 19.8. The van der Waals surface area contributed by atoms with Crippen molar-refractivity contribution in [3.05, 3.63) is 24.3 Å². The maximum atomic E-state index is 13.9. The molecular weight excluding hydrogens is 428 g/mol. The van der Waals surface area contributed by atoms with Crippen molar-refractivity contribution in [1.82, 2.24) is 9.80 Å². The third-order valence-corrected chi connectivity index (χ3v) is 9.03. The van der Waals surface area contributed by atoms with Crippen LogP contribution in [0.2, 0.25) is 0 Å². The van der Waals surface area contributed by atoms with Crippen molar-refractivity contribution in [1.29, 1.82) is 0 Å². The number of rotatable bonds is 8. The zero-order valence-electron chi connectivity index (χ0n) is 19.0. The van der Waals surface area contributed by atoms with Crippen LogP contribution in [-0.4, -0.2) is 81.1 Å². The number of aliphatic hydroxyl groups excluding tert-OH is 1. The fourth-order valence-electron chi connectivity index (χ4n) is 5.76. The number of amides is 2. The molecule has 1 spiro atoms. The summed E-state index contributed by atoms with van der Waals surface area (Å²) in [4.78, 5) is 44.4. The van der Waals surface area contributed by atoms with Gasteiger partial charge in [-0.2, -0.15) is 0 Å². The van der Waals surface area contributed by atoms with Crippen LogP contribution in [0.25, 0.3) is 0 Å². The van der Waals surface area contributed by atoms with Gasteiger partial charge in [-0.3, -0.25) is 14.4 Å². The van der Waals surface area contributed by atoms with Gasteiger partial charge in [-0.15, -0.1) is 11.8 Å².